The van der Waals surface area contributed by atoms with Crippen LogP contribution in [0, 0.1) is 0 Å². The van der Waals surface area contributed by atoms with E-state index in [-0.39, 0.29) is 5.56 Å². The van der Waals surface area contributed by atoms with Gasteiger partial charge in [-0.25, -0.2) is 4.79 Å². The molecule has 0 fully saturated rings. The molecule has 1 heterocycles. The minimum Gasteiger partial charge on any atom is -0.485 e. The molecule has 1 aromatic carbocycles. The van der Waals surface area contributed by atoms with Crippen LogP contribution in [0.5, 0.6) is 5.75 Å². The predicted octanol–water partition coefficient (Wildman–Crippen LogP) is 4.27. The minimum atomic E-state index is -0.987. The van der Waals surface area contributed by atoms with Gasteiger partial charge in [0.25, 0.3) is 0 Å². The molecule has 5 nitrogen and oxygen atoms in total. The third-order valence-electron chi connectivity index (χ3n) is 2.80. The second-order valence-electron chi connectivity index (χ2n) is 4.74. The zero-order valence-electron chi connectivity index (χ0n) is 11.5. The molecule has 1 N–H and O–H groups in total. The molecule has 7 heteroatoms. The number of carboxylic acid groups (broad SMARTS) is 1. The highest BCUT2D eigenvalue weighted by Crippen LogP contribution is 2.35. The van der Waals surface area contributed by atoms with Crippen molar-refractivity contribution in [2.75, 3.05) is 0 Å². The Balaban J connectivity index is 2.14. The number of hydrogen-bond donors (Lipinski definition) is 1. The standard InChI is InChI=1S/C14H14Br2N2O3/c1-8(2)18-4-3-10(17-18)7-21-13-11(15)5-9(14(19)20)6-12(13)16/h3-6,8H,7H2,1-2H3,(H,19,20). The van der Waals surface area contributed by atoms with Crippen LogP contribution in [0.3, 0.4) is 0 Å². The molecule has 0 amide bonds. The molecule has 0 bridgehead atoms. The largest absolute Gasteiger partial charge is 0.485 e. The van der Waals surface area contributed by atoms with Crippen molar-refractivity contribution in [2.45, 2.75) is 26.5 Å². The molecular formula is C14H14Br2N2O3. The van der Waals surface area contributed by atoms with Crippen LogP contribution in [0.4, 0.5) is 0 Å². The molecule has 0 atom stereocenters. The smallest absolute Gasteiger partial charge is 0.335 e. The van der Waals surface area contributed by atoms with Crippen molar-refractivity contribution in [3.63, 3.8) is 0 Å². The molecule has 0 spiro atoms. The summed E-state index contributed by atoms with van der Waals surface area (Å²) in [5.41, 5.74) is 0.995. The average molecular weight is 418 g/mol. The predicted molar refractivity (Wildman–Crippen MR) is 85.7 cm³/mol. The molecule has 112 valence electrons. The number of halogens is 2. The van der Waals surface area contributed by atoms with Crippen molar-refractivity contribution < 1.29 is 14.6 Å². The van der Waals surface area contributed by atoms with Crippen molar-refractivity contribution in [2.24, 2.45) is 0 Å². The maximum absolute atomic E-state index is 11.0. The van der Waals surface area contributed by atoms with Gasteiger partial charge in [-0.05, 0) is 63.9 Å². The summed E-state index contributed by atoms with van der Waals surface area (Å²) in [6.45, 7) is 4.41. The van der Waals surface area contributed by atoms with Crippen LogP contribution >= 0.6 is 31.9 Å². The van der Waals surface area contributed by atoms with Crippen LogP contribution in [0.1, 0.15) is 35.9 Å². The first kappa shape index (κ1) is 16.0. The summed E-state index contributed by atoms with van der Waals surface area (Å²) in [4.78, 5) is 11.0. The first-order chi connectivity index (χ1) is 9.88. The normalized spacial score (nSPS) is 10.9. The van der Waals surface area contributed by atoms with Crippen LogP contribution in [0.25, 0.3) is 0 Å². The van der Waals surface area contributed by atoms with Gasteiger partial charge >= 0.3 is 5.97 Å². The highest BCUT2D eigenvalue weighted by molar-refractivity contribution is 9.11. The van der Waals surface area contributed by atoms with E-state index in [2.05, 4.69) is 50.8 Å². The van der Waals surface area contributed by atoms with E-state index in [0.717, 1.165) is 5.69 Å². The number of hydrogen-bond acceptors (Lipinski definition) is 3. The van der Waals surface area contributed by atoms with Crippen molar-refractivity contribution in [1.29, 1.82) is 0 Å². The molecule has 0 unspecified atom stereocenters. The summed E-state index contributed by atoms with van der Waals surface area (Å²) >= 11 is 6.65. The van der Waals surface area contributed by atoms with Gasteiger partial charge in [0.1, 0.15) is 12.4 Å². The number of rotatable bonds is 5. The second-order valence-corrected chi connectivity index (χ2v) is 6.45. The second kappa shape index (κ2) is 6.62. The molecule has 2 aromatic rings. The molecule has 0 aliphatic heterocycles. The maximum Gasteiger partial charge on any atom is 0.335 e. The van der Waals surface area contributed by atoms with E-state index in [1.54, 1.807) is 0 Å². The van der Waals surface area contributed by atoms with E-state index >= 15 is 0 Å². The van der Waals surface area contributed by atoms with Crippen LogP contribution < -0.4 is 4.74 Å². The lowest BCUT2D eigenvalue weighted by Crippen LogP contribution is -2.04. The van der Waals surface area contributed by atoms with E-state index in [9.17, 15) is 4.79 Å². The number of ether oxygens (including phenoxy) is 1. The molecule has 2 rings (SSSR count). The number of benzene rings is 1. The topological polar surface area (TPSA) is 64.3 Å². The van der Waals surface area contributed by atoms with Gasteiger partial charge in [-0.1, -0.05) is 0 Å². The summed E-state index contributed by atoms with van der Waals surface area (Å²) in [5, 5.41) is 13.4. The molecule has 0 saturated heterocycles. The molecule has 0 radical (unpaired) electrons. The third-order valence-corrected chi connectivity index (χ3v) is 3.98. The van der Waals surface area contributed by atoms with Crippen molar-refractivity contribution >= 4 is 37.8 Å². The zero-order chi connectivity index (χ0) is 15.6. The Kier molecular flexibility index (Phi) is 5.05. The number of nitrogens with zero attached hydrogens (tertiary/aromatic N) is 2. The number of carboxylic acids is 1. The molecule has 0 aliphatic rings. The van der Waals surface area contributed by atoms with Crippen molar-refractivity contribution in [3.05, 3.63) is 44.6 Å². The van der Waals surface area contributed by atoms with Gasteiger partial charge in [-0.3, -0.25) is 4.68 Å². The number of aromatic nitrogens is 2. The van der Waals surface area contributed by atoms with E-state index in [1.807, 2.05) is 16.9 Å². The van der Waals surface area contributed by atoms with E-state index in [0.29, 0.717) is 27.3 Å². The van der Waals surface area contributed by atoms with E-state index in [1.165, 1.54) is 12.1 Å². The number of carbonyl (C=O) groups is 1. The van der Waals surface area contributed by atoms with Gasteiger partial charge in [-0.2, -0.15) is 5.10 Å². The van der Waals surface area contributed by atoms with Crippen LogP contribution in [0.15, 0.2) is 33.3 Å². The van der Waals surface area contributed by atoms with Crippen molar-refractivity contribution in [3.8, 4) is 5.75 Å². The Morgan fingerprint density at radius 2 is 2.00 bits per heavy atom. The summed E-state index contributed by atoms with van der Waals surface area (Å²) < 4.78 is 8.74. The SMILES string of the molecule is CC(C)n1ccc(COc2c(Br)cc(C(=O)O)cc2Br)n1. The lowest BCUT2D eigenvalue weighted by molar-refractivity contribution is 0.0696. The monoisotopic (exact) mass is 416 g/mol. The Morgan fingerprint density at radius 1 is 1.38 bits per heavy atom. The summed E-state index contributed by atoms with van der Waals surface area (Å²) in [7, 11) is 0. The summed E-state index contributed by atoms with van der Waals surface area (Å²) in [5.74, 6) is -0.433. The highest BCUT2D eigenvalue weighted by atomic mass is 79.9. The fourth-order valence-electron chi connectivity index (χ4n) is 1.71. The van der Waals surface area contributed by atoms with Gasteiger partial charge in [0.15, 0.2) is 0 Å². The zero-order valence-corrected chi connectivity index (χ0v) is 14.7. The molecule has 21 heavy (non-hydrogen) atoms. The van der Waals surface area contributed by atoms with Gasteiger partial charge in [0.2, 0.25) is 0 Å². The lowest BCUT2D eigenvalue weighted by atomic mass is 10.2. The summed E-state index contributed by atoms with van der Waals surface area (Å²) in [6.07, 6.45) is 1.90. The van der Waals surface area contributed by atoms with Crippen LogP contribution in [-0.2, 0) is 6.61 Å². The van der Waals surface area contributed by atoms with Gasteiger partial charge in [0.05, 0.1) is 20.2 Å². The first-order valence-electron chi connectivity index (χ1n) is 6.27. The first-order valence-corrected chi connectivity index (χ1v) is 7.86. The maximum atomic E-state index is 11.0. The Labute approximate surface area is 139 Å². The highest BCUT2D eigenvalue weighted by Gasteiger charge is 2.13. The molecule has 0 saturated carbocycles. The van der Waals surface area contributed by atoms with Crippen LogP contribution in [0.2, 0.25) is 0 Å². The third kappa shape index (κ3) is 3.85. The van der Waals surface area contributed by atoms with Crippen LogP contribution in [-0.4, -0.2) is 20.9 Å². The van der Waals surface area contributed by atoms with Gasteiger partial charge < -0.3 is 9.84 Å². The Morgan fingerprint density at radius 3 is 2.48 bits per heavy atom. The lowest BCUT2D eigenvalue weighted by Gasteiger charge is -2.10. The Hall–Kier alpha value is -1.34. The molecule has 1 aromatic heterocycles. The van der Waals surface area contributed by atoms with E-state index in [4.69, 9.17) is 9.84 Å². The van der Waals surface area contributed by atoms with E-state index < -0.39 is 5.97 Å². The average Bonchev–Trinajstić information content (AvgIpc) is 2.86. The Bertz CT molecular complexity index is 645. The van der Waals surface area contributed by atoms with Crippen molar-refractivity contribution in [1.82, 2.24) is 9.78 Å². The van der Waals surface area contributed by atoms with Gasteiger partial charge in [0, 0.05) is 12.2 Å². The fourth-order valence-corrected chi connectivity index (χ4v) is 3.12. The minimum absolute atomic E-state index is 0.185. The molecular weight excluding hydrogens is 404 g/mol. The van der Waals surface area contributed by atoms with Gasteiger partial charge in [-0.15, -0.1) is 0 Å². The molecule has 0 aliphatic carbocycles. The number of aromatic carboxylic acids is 1. The summed E-state index contributed by atoms with van der Waals surface area (Å²) in [6, 6.07) is 5.21. The fraction of sp³-hybridized carbons (Fsp3) is 0.286. The quantitative estimate of drug-likeness (QED) is 0.788.